The summed E-state index contributed by atoms with van der Waals surface area (Å²) in [6.07, 6.45) is 12.4. The van der Waals surface area contributed by atoms with E-state index in [-0.39, 0.29) is 5.91 Å². The largest absolute Gasteiger partial charge is 0.354 e. The molecule has 0 atom stereocenters. The number of carbonyl (C=O) groups is 1. The number of carbonyl (C=O) groups excluding carboxylic acids is 1. The van der Waals surface area contributed by atoms with Gasteiger partial charge in [-0.2, -0.15) is 0 Å². The Hall–Kier alpha value is -0.530. The van der Waals surface area contributed by atoms with Crippen LogP contribution in [0.1, 0.15) is 64.7 Å². The fourth-order valence-electron chi connectivity index (χ4n) is 3.55. The first kappa shape index (κ1) is 11.9. The third-order valence-corrected chi connectivity index (χ3v) is 4.40. The van der Waals surface area contributed by atoms with E-state index in [1.165, 1.54) is 57.8 Å². The summed E-state index contributed by atoms with van der Waals surface area (Å²) in [7, 11) is 0. The molecule has 0 aromatic heterocycles. The van der Waals surface area contributed by atoms with E-state index >= 15 is 0 Å². The summed E-state index contributed by atoms with van der Waals surface area (Å²) >= 11 is 0. The third kappa shape index (κ3) is 3.50. The van der Waals surface area contributed by atoms with Crippen LogP contribution in [0, 0.1) is 11.8 Å². The summed E-state index contributed by atoms with van der Waals surface area (Å²) in [4.78, 5) is 11.0. The van der Waals surface area contributed by atoms with Crippen molar-refractivity contribution in [3.63, 3.8) is 0 Å². The average molecular weight is 223 g/mol. The standard InChI is InChI=1S/C14H25NO/c1-11(16)15-14-8-6-13(7-9-14)10-12-4-2-3-5-12/h12-14H,2-10H2,1H3,(H,15,16). The molecule has 16 heavy (non-hydrogen) atoms. The quantitative estimate of drug-likeness (QED) is 0.781. The van der Waals surface area contributed by atoms with Gasteiger partial charge in [0.05, 0.1) is 0 Å². The van der Waals surface area contributed by atoms with E-state index in [9.17, 15) is 4.79 Å². The van der Waals surface area contributed by atoms with Crippen molar-refractivity contribution in [3.05, 3.63) is 0 Å². The molecule has 1 amide bonds. The van der Waals surface area contributed by atoms with Gasteiger partial charge in [0.2, 0.25) is 5.91 Å². The minimum atomic E-state index is 0.138. The second kappa shape index (κ2) is 5.70. The van der Waals surface area contributed by atoms with Gasteiger partial charge >= 0.3 is 0 Å². The fourth-order valence-corrected chi connectivity index (χ4v) is 3.55. The molecule has 0 unspecified atom stereocenters. The van der Waals surface area contributed by atoms with Gasteiger partial charge in [0, 0.05) is 13.0 Å². The number of amides is 1. The van der Waals surface area contributed by atoms with Gasteiger partial charge in [0.15, 0.2) is 0 Å². The molecule has 0 spiro atoms. The fraction of sp³-hybridized carbons (Fsp3) is 0.929. The zero-order chi connectivity index (χ0) is 11.4. The molecule has 2 fully saturated rings. The lowest BCUT2D eigenvalue weighted by Gasteiger charge is -2.30. The average Bonchev–Trinajstić information content (AvgIpc) is 2.73. The Balaban J connectivity index is 1.66. The molecule has 92 valence electrons. The van der Waals surface area contributed by atoms with E-state index < -0.39 is 0 Å². The van der Waals surface area contributed by atoms with Crippen molar-refractivity contribution in [1.29, 1.82) is 0 Å². The smallest absolute Gasteiger partial charge is 0.217 e. The second-order valence-corrected chi connectivity index (χ2v) is 5.80. The van der Waals surface area contributed by atoms with Crippen LogP contribution < -0.4 is 5.32 Å². The summed E-state index contributed by atoms with van der Waals surface area (Å²) in [6, 6.07) is 0.470. The summed E-state index contributed by atoms with van der Waals surface area (Å²) < 4.78 is 0. The first-order chi connectivity index (χ1) is 7.74. The highest BCUT2D eigenvalue weighted by molar-refractivity contribution is 5.73. The van der Waals surface area contributed by atoms with Crippen LogP contribution in [-0.4, -0.2) is 11.9 Å². The molecule has 0 saturated heterocycles. The molecule has 2 aliphatic rings. The Kier molecular flexibility index (Phi) is 4.25. The van der Waals surface area contributed by atoms with Crippen LogP contribution in [0.15, 0.2) is 0 Å². The SMILES string of the molecule is CC(=O)NC1CCC(CC2CCCC2)CC1. The van der Waals surface area contributed by atoms with Crippen molar-refractivity contribution in [2.24, 2.45) is 11.8 Å². The van der Waals surface area contributed by atoms with Crippen molar-refractivity contribution in [2.75, 3.05) is 0 Å². The number of hydrogen-bond acceptors (Lipinski definition) is 1. The Morgan fingerprint density at radius 3 is 2.12 bits per heavy atom. The number of hydrogen-bond donors (Lipinski definition) is 1. The number of rotatable bonds is 3. The first-order valence-electron chi connectivity index (χ1n) is 7.01. The zero-order valence-electron chi connectivity index (χ0n) is 10.5. The molecule has 2 rings (SSSR count). The van der Waals surface area contributed by atoms with E-state index in [2.05, 4.69) is 5.32 Å². The van der Waals surface area contributed by atoms with Crippen molar-refractivity contribution >= 4 is 5.91 Å². The van der Waals surface area contributed by atoms with Gasteiger partial charge < -0.3 is 5.32 Å². The minimum absolute atomic E-state index is 0.138. The van der Waals surface area contributed by atoms with Gasteiger partial charge in [-0.15, -0.1) is 0 Å². The van der Waals surface area contributed by atoms with Crippen molar-refractivity contribution in [3.8, 4) is 0 Å². The molecule has 2 saturated carbocycles. The molecule has 2 heteroatoms. The highest BCUT2D eigenvalue weighted by atomic mass is 16.1. The van der Waals surface area contributed by atoms with Crippen LogP contribution in [0.25, 0.3) is 0 Å². The normalized spacial score (nSPS) is 31.6. The maximum Gasteiger partial charge on any atom is 0.217 e. The highest BCUT2D eigenvalue weighted by Crippen LogP contribution is 2.35. The molecule has 0 bridgehead atoms. The lowest BCUT2D eigenvalue weighted by atomic mass is 9.80. The van der Waals surface area contributed by atoms with E-state index in [1.54, 1.807) is 6.92 Å². The van der Waals surface area contributed by atoms with Gasteiger partial charge in [-0.3, -0.25) is 4.79 Å². The summed E-state index contributed by atoms with van der Waals surface area (Å²) in [6.45, 7) is 1.63. The molecule has 0 heterocycles. The summed E-state index contributed by atoms with van der Waals surface area (Å²) in [5.74, 6) is 2.12. The molecule has 0 aromatic rings. The van der Waals surface area contributed by atoms with Crippen molar-refractivity contribution in [2.45, 2.75) is 70.8 Å². The van der Waals surface area contributed by atoms with Crippen molar-refractivity contribution in [1.82, 2.24) is 5.32 Å². The van der Waals surface area contributed by atoms with E-state index in [0.717, 1.165) is 11.8 Å². The Bertz CT molecular complexity index is 225. The van der Waals surface area contributed by atoms with Crippen LogP contribution in [0.2, 0.25) is 0 Å². The molecule has 2 nitrogen and oxygen atoms in total. The van der Waals surface area contributed by atoms with E-state index in [0.29, 0.717) is 6.04 Å². The maximum absolute atomic E-state index is 11.0. The topological polar surface area (TPSA) is 29.1 Å². The molecular formula is C14H25NO. The van der Waals surface area contributed by atoms with Gasteiger partial charge in [0.1, 0.15) is 0 Å². The van der Waals surface area contributed by atoms with Crippen LogP contribution in [0.3, 0.4) is 0 Å². The molecule has 2 aliphatic carbocycles. The predicted octanol–water partition coefficient (Wildman–Crippen LogP) is 3.26. The van der Waals surface area contributed by atoms with Crippen LogP contribution in [-0.2, 0) is 4.79 Å². The predicted molar refractivity (Wildman–Crippen MR) is 66.1 cm³/mol. The molecule has 0 radical (unpaired) electrons. The summed E-state index contributed by atoms with van der Waals surface area (Å²) in [5, 5.41) is 3.06. The van der Waals surface area contributed by atoms with Gasteiger partial charge in [-0.05, 0) is 43.9 Å². The van der Waals surface area contributed by atoms with E-state index in [1.807, 2.05) is 0 Å². The third-order valence-electron chi connectivity index (χ3n) is 4.40. The Labute approximate surface area is 99.2 Å². The van der Waals surface area contributed by atoms with Crippen LogP contribution in [0.5, 0.6) is 0 Å². The lowest BCUT2D eigenvalue weighted by Crippen LogP contribution is -2.36. The van der Waals surface area contributed by atoms with E-state index in [4.69, 9.17) is 0 Å². The molecule has 0 aliphatic heterocycles. The van der Waals surface area contributed by atoms with Gasteiger partial charge in [-0.1, -0.05) is 25.7 Å². The molecule has 0 aromatic carbocycles. The zero-order valence-corrected chi connectivity index (χ0v) is 10.5. The second-order valence-electron chi connectivity index (χ2n) is 5.80. The number of nitrogens with one attached hydrogen (secondary N) is 1. The monoisotopic (exact) mass is 223 g/mol. The maximum atomic E-state index is 11.0. The molecule has 1 N–H and O–H groups in total. The van der Waals surface area contributed by atoms with Crippen molar-refractivity contribution < 1.29 is 4.79 Å². The minimum Gasteiger partial charge on any atom is -0.354 e. The van der Waals surface area contributed by atoms with Gasteiger partial charge in [-0.25, -0.2) is 0 Å². The Morgan fingerprint density at radius 1 is 1.00 bits per heavy atom. The summed E-state index contributed by atoms with van der Waals surface area (Å²) in [5.41, 5.74) is 0. The van der Waals surface area contributed by atoms with Gasteiger partial charge in [0.25, 0.3) is 0 Å². The van der Waals surface area contributed by atoms with Crippen LogP contribution >= 0.6 is 0 Å². The molecular weight excluding hydrogens is 198 g/mol. The van der Waals surface area contributed by atoms with Crippen LogP contribution in [0.4, 0.5) is 0 Å². The highest BCUT2D eigenvalue weighted by Gasteiger charge is 2.25. The lowest BCUT2D eigenvalue weighted by molar-refractivity contribution is -0.119. The first-order valence-corrected chi connectivity index (χ1v) is 7.01. The Morgan fingerprint density at radius 2 is 1.56 bits per heavy atom.